The summed E-state index contributed by atoms with van der Waals surface area (Å²) in [5, 5.41) is 2.92. The highest BCUT2D eigenvalue weighted by Gasteiger charge is 2.24. The van der Waals surface area contributed by atoms with Gasteiger partial charge in [-0.2, -0.15) is 0 Å². The standard InChI is InChI=1S/C13H24N2O3/c1-10(12(17)15-7-5-6-8-15)14-9-11(16)18-13(2,3)4/h10,14H,5-9H2,1-4H3. The molecule has 18 heavy (non-hydrogen) atoms. The lowest BCUT2D eigenvalue weighted by atomic mass is 10.2. The van der Waals surface area contributed by atoms with Crippen LogP contribution in [-0.4, -0.2) is 48.1 Å². The number of rotatable bonds is 4. The second-order valence-corrected chi connectivity index (χ2v) is 5.72. The third kappa shape index (κ3) is 5.04. The number of hydrogen-bond donors (Lipinski definition) is 1. The largest absolute Gasteiger partial charge is 0.459 e. The lowest BCUT2D eigenvalue weighted by Crippen LogP contribution is -2.46. The van der Waals surface area contributed by atoms with Gasteiger partial charge < -0.3 is 9.64 Å². The highest BCUT2D eigenvalue weighted by molar-refractivity contribution is 5.82. The van der Waals surface area contributed by atoms with E-state index in [0.717, 1.165) is 25.9 Å². The van der Waals surface area contributed by atoms with Crippen LogP contribution in [-0.2, 0) is 14.3 Å². The predicted octanol–water partition coefficient (Wildman–Crippen LogP) is 0.929. The van der Waals surface area contributed by atoms with Crippen LogP contribution >= 0.6 is 0 Å². The lowest BCUT2D eigenvalue weighted by Gasteiger charge is -2.23. The van der Waals surface area contributed by atoms with Crippen molar-refractivity contribution in [2.45, 2.75) is 52.2 Å². The number of carbonyl (C=O) groups excluding carboxylic acids is 2. The normalized spacial score (nSPS) is 17.7. The van der Waals surface area contributed by atoms with Crippen LogP contribution in [0.2, 0.25) is 0 Å². The number of carbonyl (C=O) groups is 2. The SMILES string of the molecule is CC(NCC(=O)OC(C)(C)C)C(=O)N1CCCC1. The molecule has 0 aromatic rings. The van der Waals surface area contributed by atoms with E-state index in [9.17, 15) is 9.59 Å². The van der Waals surface area contributed by atoms with Crippen molar-refractivity contribution in [2.75, 3.05) is 19.6 Å². The Morgan fingerprint density at radius 2 is 1.83 bits per heavy atom. The molecule has 1 aliphatic rings. The molecule has 0 bridgehead atoms. The Balaban J connectivity index is 2.29. The Morgan fingerprint density at radius 3 is 2.33 bits per heavy atom. The Kier molecular flexibility index (Phi) is 5.14. The van der Waals surface area contributed by atoms with Crippen molar-refractivity contribution < 1.29 is 14.3 Å². The molecule has 1 unspecified atom stereocenters. The van der Waals surface area contributed by atoms with Crippen molar-refractivity contribution in [1.82, 2.24) is 10.2 Å². The van der Waals surface area contributed by atoms with E-state index in [4.69, 9.17) is 4.74 Å². The predicted molar refractivity (Wildman–Crippen MR) is 69.1 cm³/mol. The van der Waals surface area contributed by atoms with Gasteiger partial charge in [-0.1, -0.05) is 0 Å². The molecule has 1 fully saturated rings. The third-order valence-electron chi connectivity index (χ3n) is 2.76. The van der Waals surface area contributed by atoms with Crippen molar-refractivity contribution >= 4 is 11.9 Å². The van der Waals surface area contributed by atoms with Gasteiger partial charge in [0.1, 0.15) is 5.60 Å². The molecular formula is C13H24N2O3. The summed E-state index contributed by atoms with van der Waals surface area (Å²) in [6.45, 7) is 8.98. The van der Waals surface area contributed by atoms with Crippen LogP contribution in [0, 0.1) is 0 Å². The van der Waals surface area contributed by atoms with E-state index >= 15 is 0 Å². The van der Waals surface area contributed by atoms with Gasteiger partial charge in [0, 0.05) is 13.1 Å². The summed E-state index contributed by atoms with van der Waals surface area (Å²) >= 11 is 0. The molecule has 0 saturated carbocycles. The van der Waals surface area contributed by atoms with Gasteiger partial charge in [-0.25, -0.2) is 0 Å². The second-order valence-electron chi connectivity index (χ2n) is 5.72. The number of ether oxygens (including phenoxy) is 1. The highest BCUT2D eigenvalue weighted by atomic mass is 16.6. The van der Waals surface area contributed by atoms with E-state index in [1.807, 2.05) is 25.7 Å². The molecule has 5 nitrogen and oxygen atoms in total. The van der Waals surface area contributed by atoms with Gasteiger partial charge in [-0.15, -0.1) is 0 Å². The Hall–Kier alpha value is -1.10. The first kappa shape index (κ1) is 15.0. The molecule has 0 aromatic heterocycles. The average Bonchev–Trinajstić information content (AvgIpc) is 2.75. The minimum absolute atomic E-state index is 0.0658. The minimum Gasteiger partial charge on any atom is -0.459 e. The van der Waals surface area contributed by atoms with Crippen LogP contribution in [0.5, 0.6) is 0 Å². The van der Waals surface area contributed by atoms with Crippen LogP contribution in [0.1, 0.15) is 40.5 Å². The molecule has 0 spiro atoms. The zero-order valence-corrected chi connectivity index (χ0v) is 11.8. The summed E-state index contributed by atoms with van der Waals surface area (Å²) in [7, 11) is 0. The van der Waals surface area contributed by atoms with E-state index < -0.39 is 5.60 Å². The van der Waals surface area contributed by atoms with Crippen LogP contribution in [0.3, 0.4) is 0 Å². The molecule has 0 aromatic carbocycles. The highest BCUT2D eigenvalue weighted by Crippen LogP contribution is 2.09. The molecule has 104 valence electrons. The fourth-order valence-corrected chi connectivity index (χ4v) is 1.91. The summed E-state index contributed by atoms with van der Waals surface area (Å²) in [6.07, 6.45) is 2.15. The maximum Gasteiger partial charge on any atom is 0.320 e. The van der Waals surface area contributed by atoms with Gasteiger partial charge in [0.2, 0.25) is 5.91 Å². The number of esters is 1. The monoisotopic (exact) mass is 256 g/mol. The van der Waals surface area contributed by atoms with Crippen molar-refractivity contribution in [3.8, 4) is 0 Å². The molecular weight excluding hydrogens is 232 g/mol. The summed E-state index contributed by atoms with van der Waals surface area (Å²) in [4.78, 5) is 25.3. The summed E-state index contributed by atoms with van der Waals surface area (Å²) in [5.41, 5.74) is -0.485. The zero-order valence-electron chi connectivity index (χ0n) is 11.8. The molecule has 0 radical (unpaired) electrons. The van der Waals surface area contributed by atoms with Gasteiger partial charge in [0.15, 0.2) is 0 Å². The van der Waals surface area contributed by atoms with Gasteiger partial charge in [-0.3, -0.25) is 14.9 Å². The second kappa shape index (κ2) is 6.18. The lowest BCUT2D eigenvalue weighted by molar-refractivity contribution is -0.153. The van der Waals surface area contributed by atoms with Crippen LogP contribution < -0.4 is 5.32 Å². The molecule has 0 aliphatic carbocycles. The zero-order chi connectivity index (χ0) is 13.8. The Labute approximate surface area is 109 Å². The molecule has 5 heteroatoms. The maximum atomic E-state index is 12.0. The molecule has 1 heterocycles. The van der Waals surface area contributed by atoms with Crippen molar-refractivity contribution in [1.29, 1.82) is 0 Å². The van der Waals surface area contributed by atoms with E-state index in [2.05, 4.69) is 5.32 Å². The third-order valence-corrected chi connectivity index (χ3v) is 2.76. The number of hydrogen-bond acceptors (Lipinski definition) is 4. The Bertz CT molecular complexity index is 304. The minimum atomic E-state index is -0.485. The number of likely N-dealkylation sites (tertiary alicyclic amines) is 1. The van der Waals surface area contributed by atoms with Gasteiger partial charge in [0.05, 0.1) is 12.6 Å². The van der Waals surface area contributed by atoms with Crippen LogP contribution in [0.25, 0.3) is 0 Å². The molecule has 1 amide bonds. The van der Waals surface area contributed by atoms with Crippen molar-refractivity contribution in [3.05, 3.63) is 0 Å². The molecule has 1 saturated heterocycles. The summed E-state index contributed by atoms with van der Waals surface area (Å²) in [6, 6.07) is -0.337. The van der Waals surface area contributed by atoms with Crippen molar-refractivity contribution in [3.63, 3.8) is 0 Å². The summed E-state index contributed by atoms with van der Waals surface area (Å²) in [5.74, 6) is -0.264. The molecule has 1 N–H and O–H groups in total. The average molecular weight is 256 g/mol. The topological polar surface area (TPSA) is 58.6 Å². The first-order chi connectivity index (χ1) is 8.29. The first-order valence-electron chi connectivity index (χ1n) is 6.53. The smallest absolute Gasteiger partial charge is 0.320 e. The quantitative estimate of drug-likeness (QED) is 0.760. The fraction of sp³-hybridized carbons (Fsp3) is 0.846. The Morgan fingerprint density at radius 1 is 1.28 bits per heavy atom. The maximum absolute atomic E-state index is 12.0. The van der Waals surface area contributed by atoms with Gasteiger partial charge in [0.25, 0.3) is 0 Å². The van der Waals surface area contributed by atoms with Gasteiger partial charge >= 0.3 is 5.97 Å². The van der Waals surface area contributed by atoms with Crippen molar-refractivity contribution in [2.24, 2.45) is 0 Å². The molecule has 1 rings (SSSR count). The number of nitrogens with one attached hydrogen (secondary N) is 1. The number of amides is 1. The summed E-state index contributed by atoms with van der Waals surface area (Å²) < 4.78 is 5.17. The number of nitrogens with zero attached hydrogens (tertiary/aromatic N) is 1. The van der Waals surface area contributed by atoms with E-state index in [-0.39, 0.29) is 24.5 Å². The van der Waals surface area contributed by atoms with E-state index in [0.29, 0.717) is 0 Å². The van der Waals surface area contributed by atoms with E-state index in [1.54, 1.807) is 6.92 Å². The van der Waals surface area contributed by atoms with E-state index in [1.165, 1.54) is 0 Å². The first-order valence-corrected chi connectivity index (χ1v) is 6.53. The van der Waals surface area contributed by atoms with Crippen LogP contribution in [0.15, 0.2) is 0 Å². The molecule has 1 aliphatic heterocycles. The fourth-order valence-electron chi connectivity index (χ4n) is 1.91. The molecule has 1 atom stereocenters. The van der Waals surface area contributed by atoms with Gasteiger partial charge in [-0.05, 0) is 40.5 Å². The van der Waals surface area contributed by atoms with Crippen LogP contribution in [0.4, 0.5) is 0 Å².